The molecule has 0 radical (unpaired) electrons. The Morgan fingerprint density at radius 3 is 3.04 bits per heavy atom. The van der Waals surface area contributed by atoms with E-state index in [1.54, 1.807) is 12.4 Å². The third kappa shape index (κ3) is 3.65. The zero-order chi connectivity index (χ0) is 17.1. The van der Waals surface area contributed by atoms with Gasteiger partial charge in [-0.15, -0.1) is 10.2 Å². The lowest BCUT2D eigenvalue weighted by atomic mass is 10.1. The van der Waals surface area contributed by atoms with Crippen LogP contribution in [0.3, 0.4) is 0 Å². The Balaban J connectivity index is 1.39. The van der Waals surface area contributed by atoms with Crippen molar-refractivity contribution in [2.45, 2.75) is 12.5 Å². The lowest BCUT2D eigenvalue weighted by molar-refractivity contribution is 0.686. The van der Waals surface area contributed by atoms with Crippen molar-refractivity contribution in [3.63, 3.8) is 0 Å². The molecule has 4 N–H and O–H groups in total. The summed E-state index contributed by atoms with van der Waals surface area (Å²) in [5, 5.41) is 21.4. The van der Waals surface area contributed by atoms with Crippen LogP contribution in [0.15, 0.2) is 48.8 Å². The van der Waals surface area contributed by atoms with E-state index in [0.717, 1.165) is 38.7 Å². The largest absolute Gasteiger partial charge is 0.359 e. The van der Waals surface area contributed by atoms with E-state index in [-0.39, 0.29) is 6.04 Å². The van der Waals surface area contributed by atoms with Gasteiger partial charge < -0.3 is 11.1 Å². The lowest BCUT2D eigenvalue weighted by Crippen LogP contribution is -2.31. The van der Waals surface area contributed by atoms with Gasteiger partial charge in [-0.05, 0) is 30.3 Å². The second-order valence-electron chi connectivity index (χ2n) is 5.75. The van der Waals surface area contributed by atoms with Crippen LogP contribution in [0.2, 0.25) is 0 Å². The summed E-state index contributed by atoms with van der Waals surface area (Å²) in [6, 6.07) is 11.9. The van der Waals surface area contributed by atoms with Crippen molar-refractivity contribution < 1.29 is 0 Å². The van der Waals surface area contributed by atoms with Crippen molar-refractivity contribution >= 4 is 27.4 Å². The summed E-state index contributed by atoms with van der Waals surface area (Å²) < 4.78 is 0. The molecule has 1 unspecified atom stereocenters. The smallest absolute Gasteiger partial charge is 0.206 e. The Bertz CT molecular complexity index is 963. The van der Waals surface area contributed by atoms with Crippen molar-refractivity contribution in [1.29, 1.82) is 0 Å². The third-order valence-electron chi connectivity index (χ3n) is 3.83. The predicted octanol–water partition coefficient (Wildman–Crippen LogP) is 2.46. The number of hydrogen-bond donors (Lipinski definition) is 3. The van der Waals surface area contributed by atoms with Gasteiger partial charge in [-0.1, -0.05) is 17.4 Å². The molecule has 25 heavy (non-hydrogen) atoms. The van der Waals surface area contributed by atoms with Crippen LogP contribution >= 0.6 is 11.3 Å². The van der Waals surface area contributed by atoms with Gasteiger partial charge in [-0.3, -0.25) is 10.1 Å². The summed E-state index contributed by atoms with van der Waals surface area (Å²) in [6.45, 7) is 0.617. The summed E-state index contributed by atoms with van der Waals surface area (Å²) in [6.07, 6.45) is 4.30. The molecule has 0 aliphatic heterocycles. The topological polar surface area (TPSA) is 105 Å². The number of nitrogens with zero attached hydrogens (tertiary/aromatic N) is 4. The molecule has 3 aromatic heterocycles. The average molecular weight is 351 g/mol. The first-order chi connectivity index (χ1) is 12.3. The fourth-order valence-corrected chi connectivity index (χ4v) is 3.31. The molecule has 1 atom stereocenters. The van der Waals surface area contributed by atoms with E-state index in [1.165, 1.54) is 11.3 Å². The van der Waals surface area contributed by atoms with Crippen molar-refractivity contribution in [1.82, 2.24) is 25.4 Å². The van der Waals surface area contributed by atoms with Gasteiger partial charge in [0.2, 0.25) is 5.13 Å². The average Bonchev–Trinajstić information content (AvgIpc) is 3.29. The van der Waals surface area contributed by atoms with Crippen molar-refractivity contribution in [3.05, 3.63) is 54.5 Å². The Morgan fingerprint density at radius 1 is 1.20 bits per heavy atom. The van der Waals surface area contributed by atoms with Gasteiger partial charge >= 0.3 is 0 Å². The van der Waals surface area contributed by atoms with Crippen molar-refractivity contribution in [2.75, 3.05) is 11.9 Å². The summed E-state index contributed by atoms with van der Waals surface area (Å²) in [5.74, 6) is 0. The van der Waals surface area contributed by atoms with E-state index >= 15 is 0 Å². The van der Waals surface area contributed by atoms with Crippen LogP contribution in [0.4, 0.5) is 5.13 Å². The van der Waals surface area contributed by atoms with Gasteiger partial charge in [0, 0.05) is 41.8 Å². The molecule has 3 heterocycles. The number of anilines is 1. The van der Waals surface area contributed by atoms with E-state index in [4.69, 9.17) is 5.73 Å². The maximum Gasteiger partial charge on any atom is 0.206 e. The SMILES string of the molecule is NC(CNc1nnc(-c2ccc3[nH]ncc3c2)s1)Cc1ccccn1. The number of rotatable bonds is 6. The van der Waals surface area contributed by atoms with E-state index in [9.17, 15) is 0 Å². The molecular weight excluding hydrogens is 334 g/mol. The molecule has 126 valence electrons. The van der Waals surface area contributed by atoms with Gasteiger partial charge in [0.15, 0.2) is 0 Å². The summed E-state index contributed by atoms with van der Waals surface area (Å²) in [7, 11) is 0. The molecule has 4 rings (SSSR count). The minimum Gasteiger partial charge on any atom is -0.359 e. The quantitative estimate of drug-likeness (QED) is 0.493. The molecule has 0 fully saturated rings. The van der Waals surface area contributed by atoms with Crippen LogP contribution in [0.25, 0.3) is 21.5 Å². The van der Waals surface area contributed by atoms with Gasteiger partial charge in [0.05, 0.1) is 11.7 Å². The predicted molar refractivity (Wildman–Crippen MR) is 99.4 cm³/mol. The van der Waals surface area contributed by atoms with Gasteiger partial charge in [0.1, 0.15) is 5.01 Å². The maximum absolute atomic E-state index is 6.17. The van der Waals surface area contributed by atoms with Crippen LogP contribution in [0, 0.1) is 0 Å². The van der Waals surface area contributed by atoms with Crippen LogP contribution in [-0.4, -0.2) is 38.0 Å². The van der Waals surface area contributed by atoms with Gasteiger partial charge in [-0.25, -0.2) is 0 Å². The number of H-pyrrole nitrogens is 1. The highest BCUT2D eigenvalue weighted by Crippen LogP contribution is 2.28. The van der Waals surface area contributed by atoms with Crippen LogP contribution in [0.1, 0.15) is 5.69 Å². The highest BCUT2D eigenvalue weighted by molar-refractivity contribution is 7.18. The first kappa shape index (κ1) is 15.7. The fraction of sp³-hybridized carbons (Fsp3) is 0.176. The summed E-state index contributed by atoms with van der Waals surface area (Å²) in [4.78, 5) is 4.30. The molecule has 4 aromatic rings. The molecule has 0 bridgehead atoms. The number of benzene rings is 1. The number of aromatic amines is 1. The standard InChI is InChI=1S/C17H17N7S/c18-13(8-14-3-1-2-6-19-14)10-20-17-24-23-16(25-17)11-4-5-15-12(7-11)9-21-22-15/h1-7,9,13H,8,10,18H2,(H,20,24)(H,21,22). The molecule has 1 aromatic carbocycles. The molecule has 0 amide bonds. The molecule has 0 aliphatic rings. The maximum atomic E-state index is 6.17. The summed E-state index contributed by atoms with van der Waals surface area (Å²) >= 11 is 1.51. The molecule has 0 spiro atoms. The van der Waals surface area contributed by atoms with E-state index < -0.39 is 0 Å². The Labute approximate surface area is 148 Å². The highest BCUT2D eigenvalue weighted by Gasteiger charge is 2.10. The highest BCUT2D eigenvalue weighted by atomic mass is 32.1. The molecular formula is C17H17N7S. The first-order valence-electron chi connectivity index (χ1n) is 7.94. The molecule has 0 aliphatic carbocycles. The Morgan fingerprint density at radius 2 is 2.16 bits per heavy atom. The number of pyridine rings is 1. The molecule has 0 saturated carbocycles. The minimum absolute atomic E-state index is 0.0375. The molecule has 8 heteroatoms. The number of nitrogens with two attached hydrogens (primary N) is 1. The minimum atomic E-state index is -0.0375. The van der Waals surface area contributed by atoms with Gasteiger partial charge in [-0.2, -0.15) is 5.10 Å². The van der Waals surface area contributed by atoms with Crippen LogP contribution < -0.4 is 11.1 Å². The monoisotopic (exact) mass is 351 g/mol. The molecule has 0 saturated heterocycles. The second kappa shape index (κ2) is 6.96. The fourth-order valence-electron chi connectivity index (χ4n) is 2.57. The van der Waals surface area contributed by atoms with E-state index in [1.807, 2.05) is 30.3 Å². The number of hydrogen-bond acceptors (Lipinski definition) is 7. The van der Waals surface area contributed by atoms with E-state index in [2.05, 4.69) is 36.8 Å². The van der Waals surface area contributed by atoms with Crippen molar-refractivity contribution in [3.8, 4) is 10.6 Å². The number of aromatic nitrogens is 5. The number of nitrogens with one attached hydrogen (secondary N) is 2. The zero-order valence-electron chi connectivity index (χ0n) is 13.4. The zero-order valence-corrected chi connectivity index (χ0v) is 14.2. The van der Waals surface area contributed by atoms with Crippen molar-refractivity contribution in [2.24, 2.45) is 5.73 Å². The summed E-state index contributed by atoms with van der Waals surface area (Å²) in [5.41, 5.74) is 9.19. The van der Waals surface area contributed by atoms with Crippen LogP contribution in [-0.2, 0) is 6.42 Å². The lowest BCUT2D eigenvalue weighted by Gasteiger charge is -2.11. The molecule has 7 nitrogen and oxygen atoms in total. The number of fused-ring (bicyclic) bond motifs is 1. The first-order valence-corrected chi connectivity index (χ1v) is 8.76. The normalized spacial score (nSPS) is 12.4. The Kier molecular flexibility index (Phi) is 4.36. The Hall–Kier alpha value is -2.84. The third-order valence-corrected chi connectivity index (χ3v) is 4.76. The second-order valence-corrected chi connectivity index (χ2v) is 6.73. The van der Waals surface area contributed by atoms with E-state index in [0.29, 0.717) is 6.54 Å². The van der Waals surface area contributed by atoms with Gasteiger partial charge in [0.25, 0.3) is 0 Å². The van der Waals surface area contributed by atoms with Crippen LogP contribution in [0.5, 0.6) is 0 Å².